The van der Waals surface area contributed by atoms with Gasteiger partial charge in [0.2, 0.25) is 0 Å². The van der Waals surface area contributed by atoms with Gasteiger partial charge < -0.3 is 20.5 Å². The molecule has 0 unspecified atom stereocenters. The van der Waals surface area contributed by atoms with Crippen LogP contribution in [0.25, 0.3) is 0 Å². The number of benzene rings is 1. The molecule has 0 saturated carbocycles. The number of carbonyl (C=O) groups excluding carboxylic acids is 1. The Balaban J connectivity index is 2.60. The molecule has 0 aliphatic heterocycles. The molecule has 0 aliphatic carbocycles. The van der Waals surface area contributed by atoms with Crippen LogP contribution in [-0.4, -0.2) is 32.2 Å². The zero-order chi connectivity index (χ0) is 15.7. The van der Waals surface area contributed by atoms with Crippen LogP contribution in [0.4, 0.5) is 0 Å². The van der Waals surface area contributed by atoms with E-state index in [-0.39, 0.29) is 18.6 Å². The smallest absolute Gasteiger partial charge is 0.258 e. The van der Waals surface area contributed by atoms with Gasteiger partial charge in [-0.05, 0) is 43.5 Å². The molecular formula is C16H26N2O3. The van der Waals surface area contributed by atoms with Gasteiger partial charge in [0.25, 0.3) is 5.91 Å². The Kier molecular flexibility index (Phi) is 7.61. The van der Waals surface area contributed by atoms with E-state index >= 15 is 0 Å². The van der Waals surface area contributed by atoms with Crippen LogP contribution in [-0.2, 0) is 11.2 Å². The Labute approximate surface area is 126 Å². The Morgan fingerprint density at radius 1 is 1.29 bits per heavy atom. The molecule has 0 saturated heterocycles. The lowest BCUT2D eigenvalue weighted by Crippen LogP contribution is -2.37. The first-order valence-corrected chi connectivity index (χ1v) is 7.43. The minimum absolute atomic E-state index is 0.0108. The fourth-order valence-corrected chi connectivity index (χ4v) is 2.06. The van der Waals surface area contributed by atoms with Gasteiger partial charge in [-0.3, -0.25) is 4.79 Å². The van der Waals surface area contributed by atoms with Gasteiger partial charge in [0, 0.05) is 6.04 Å². The Morgan fingerprint density at radius 2 is 2.00 bits per heavy atom. The van der Waals surface area contributed by atoms with Gasteiger partial charge in [0.05, 0.1) is 7.11 Å². The van der Waals surface area contributed by atoms with Crippen molar-refractivity contribution in [2.45, 2.75) is 39.2 Å². The summed E-state index contributed by atoms with van der Waals surface area (Å²) >= 11 is 0. The quantitative estimate of drug-likeness (QED) is 0.729. The molecule has 5 nitrogen and oxygen atoms in total. The van der Waals surface area contributed by atoms with Gasteiger partial charge in [-0.15, -0.1) is 0 Å². The van der Waals surface area contributed by atoms with Gasteiger partial charge in [0.1, 0.15) is 0 Å². The maximum Gasteiger partial charge on any atom is 0.258 e. The predicted molar refractivity (Wildman–Crippen MR) is 83.8 cm³/mol. The molecule has 0 aliphatic rings. The average Bonchev–Trinajstić information content (AvgIpc) is 2.51. The van der Waals surface area contributed by atoms with E-state index in [0.29, 0.717) is 18.0 Å². The maximum atomic E-state index is 11.8. The van der Waals surface area contributed by atoms with E-state index in [1.807, 2.05) is 18.2 Å². The van der Waals surface area contributed by atoms with Crippen molar-refractivity contribution in [2.75, 3.05) is 20.3 Å². The molecule has 1 aromatic rings. The second kappa shape index (κ2) is 9.23. The standard InChI is InChI=1S/C16H26N2O3/c1-4-13(5-2)18-16(19)11-21-14-7-6-12(8-9-17)10-15(14)20-3/h6-7,10,13H,4-5,8-9,11,17H2,1-3H3,(H,18,19). The Bertz CT molecular complexity index is 445. The SMILES string of the molecule is CCC(CC)NC(=O)COc1ccc(CCN)cc1OC. The van der Waals surface area contributed by atoms with E-state index in [4.69, 9.17) is 15.2 Å². The van der Waals surface area contributed by atoms with E-state index in [2.05, 4.69) is 19.2 Å². The van der Waals surface area contributed by atoms with Gasteiger partial charge in [0.15, 0.2) is 18.1 Å². The topological polar surface area (TPSA) is 73.6 Å². The lowest BCUT2D eigenvalue weighted by atomic mass is 10.1. The van der Waals surface area contributed by atoms with E-state index < -0.39 is 0 Å². The molecule has 0 fully saturated rings. The van der Waals surface area contributed by atoms with E-state index in [0.717, 1.165) is 24.8 Å². The molecule has 5 heteroatoms. The molecule has 0 heterocycles. The molecule has 1 amide bonds. The maximum absolute atomic E-state index is 11.8. The summed E-state index contributed by atoms with van der Waals surface area (Å²) in [5, 5.41) is 2.93. The molecule has 0 radical (unpaired) electrons. The van der Waals surface area contributed by atoms with E-state index in [9.17, 15) is 4.79 Å². The number of methoxy groups -OCH3 is 1. The molecule has 0 spiro atoms. The zero-order valence-corrected chi connectivity index (χ0v) is 13.1. The second-order valence-electron chi connectivity index (χ2n) is 4.89. The van der Waals surface area contributed by atoms with Crippen LogP contribution in [0.5, 0.6) is 11.5 Å². The van der Waals surface area contributed by atoms with Gasteiger partial charge >= 0.3 is 0 Å². The summed E-state index contributed by atoms with van der Waals surface area (Å²) < 4.78 is 10.8. The largest absolute Gasteiger partial charge is 0.493 e. The first-order valence-electron chi connectivity index (χ1n) is 7.43. The third-order valence-corrected chi connectivity index (χ3v) is 3.37. The molecule has 3 N–H and O–H groups in total. The summed E-state index contributed by atoms with van der Waals surface area (Å²) in [6.45, 7) is 4.67. The lowest BCUT2D eigenvalue weighted by molar-refractivity contribution is -0.123. The molecule has 1 rings (SSSR count). The fourth-order valence-electron chi connectivity index (χ4n) is 2.06. The van der Waals surface area contributed by atoms with Crippen LogP contribution in [0.3, 0.4) is 0 Å². The van der Waals surface area contributed by atoms with Crippen molar-refractivity contribution in [1.29, 1.82) is 0 Å². The van der Waals surface area contributed by atoms with Crippen LogP contribution in [0, 0.1) is 0 Å². The van der Waals surface area contributed by atoms with Crippen molar-refractivity contribution in [3.05, 3.63) is 23.8 Å². The van der Waals surface area contributed by atoms with Crippen molar-refractivity contribution in [3.63, 3.8) is 0 Å². The number of hydrogen-bond donors (Lipinski definition) is 2. The van der Waals surface area contributed by atoms with Crippen LogP contribution in [0.15, 0.2) is 18.2 Å². The highest BCUT2D eigenvalue weighted by molar-refractivity contribution is 5.77. The molecule has 21 heavy (non-hydrogen) atoms. The van der Waals surface area contributed by atoms with Crippen molar-refractivity contribution < 1.29 is 14.3 Å². The van der Waals surface area contributed by atoms with Crippen LogP contribution >= 0.6 is 0 Å². The first kappa shape index (κ1) is 17.3. The molecule has 0 atom stereocenters. The highest BCUT2D eigenvalue weighted by Crippen LogP contribution is 2.28. The van der Waals surface area contributed by atoms with Crippen molar-refractivity contribution in [2.24, 2.45) is 5.73 Å². The molecule has 118 valence electrons. The van der Waals surface area contributed by atoms with Gasteiger partial charge in [-0.25, -0.2) is 0 Å². The number of carbonyl (C=O) groups is 1. The lowest BCUT2D eigenvalue weighted by Gasteiger charge is -2.16. The number of nitrogens with one attached hydrogen (secondary N) is 1. The summed E-state index contributed by atoms with van der Waals surface area (Å²) in [6.07, 6.45) is 2.62. The number of amides is 1. The highest BCUT2D eigenvalue weighted by Gasteiger charge is 2.11. The number of hydrogen-bond acceptors (Lipinski definition) is 4. The number of ether oxygens (including phenoxy) is 2. The second-order valence-corrected chi connectivity index (χ2v) is 4.89. The van der Waals surface area contributed by atoms with Crippen LogP contribution in [0.1, 0.15) is 32.3 Å². The minimum atomic E-state index is -0.114. The van der Waals surface area contributed by atoms with Crippen molar-refractivity contribution >= 4 is 5.91 Å². The normalized spacial score (nSPS) is 10.5. The van der Waals surface area contributed by atoms with Crippen LogP contribution in [0.2, 0.25) is 0 Å². The van der Waals surface area contributed by atoms with Crippen molar-refractivity contribution in [3.8, 4) is 11.5 Å². The molecule has 0 aromatic heterocycles. The van der Waals surface area contributed by atoms with Gasteiger partial charge in [-0.2, -0.15) is 0 Å². The summed E-state index contributed by atoms with van der Waals surface area (Å²) in [4.78, 5) is 11.8. The highest BCUT2D eigenvalue weighted by atomic mass is 16.5. The minimum Gasteiger partial charge on any atom is -0.493 e. The summed E-state index contributed by atoms with van der Waals surface area (Å²) in [5.74, 6) is 1.08. The molecule has 1 aromatic carbocycles. The molecule has 0 bridgehead atoms. The third kappa shape index (κ3) is 5.63. The predicted octanol–water partition coefficient (Wildman–Crippen LogP) is 1.88. The monoisotopic (exact) mass is 294 g/mol. The average molecular weight is 294 g/mol. The summed E-state index contributed by atoms with van der Waals surface area (Å²) in [5.41, 5.74) is 6.62. The Hall–Kier alpha value is -1.75. The summed E-state index contributed by atoms with van der Waals surface area (Å²) in [6, 6.07) is 5.84. The van der Waals surface area contributed by atoms with Crippen molar-refractivity contribution in [1.82, 2.24) is 5.32 Å². The summed E-state index contributed by atoms with van der Waals surface area (Å²) in [7, 11) is 1.58. The zero-order valence-electron chi connectivity index (χ0n) is 13.1. The van der Waals surface area contributed by atoms with E-state index in [1.54, 1.807) is 7.11 Å². The fraction of sp³-hybridized carbons (Fsp3) is 0.562. The number of nitrogens with two attached hydrogens (primary N) is 1. The van der Waals surface area contributed by atoms with E-state index in [1.165, 1.54) is 0 Å². The molecular weight excluding hydrogens is 268 g/mol. The number of rotatable bonds is 9. The third-order valence-electron chi connectivity index (χ3n) is 3.37. The van der Waals surface area contributed by atoms with Gasteiger partial charge in [-0.1, -0.05) is 19.9 Å². The Morgan fingerprint density at radius 3 is 2.57 bits per heavy atom. The first-order chi connectivity index (χ1) is 10.1. The van der Waals surface area contributed by atoms with Crippen LogP contribution < -0.4 is 20.5 Å².